The van der Waals surface area contributed by atoms with Gasteiger partial charge in [0.25, 0.3) is 0 Å². The van der Waals surface area contributed by atoms with Gasteiger partial charge >= 0.3 is 5.97 Å². The van der Waals surface area contributed by atoms with Crippen LogP contribution >= 0.6 is 0 Å². The molecule has 1 atom stereocenters. The Labute approximate surface area is 89.7 Å². The third-order valence-electron chi connectivity index (χ3n) is 2.33. The lowest BCUT2D eigenvalue weighted by Gasteiger charge is -2.10. The van der Waals surface area contributed by atoms with Crippen molar-refractivity contribution < 1.29 is 14.6 Å². The van der Waals surface area contributed by atoms with Crippen LogP contribution in [0, 0.1) is 5.92 Å². The van der Waals surface area contributed by atoms with Crippen LogP contribution < -0.4 is 4.74 Å². The highest BCUT2D eigenvalue weighted by atomic mass is 16.5. The quantitative estimate of drug-likeness (QED) is 0.809. The summed E-state index contributed by atoms with van der Waals surface area (Å²) in [5.74, 6) is 0.327. The number of carboxylic acid groups (broad SMARTS) is 1. The van der Waals surface area contributed by atoms with Crippen LogP contribution in [0.15, 0.2) is 24.3 Å². The van der Waals surface area contributed by atoms with Crippen LogP contribution in [0.3, 0.4) is 0 Å². The molecule has 0 saturated heterocycles. The Morgan fingerprint density at radius 2 is 2.00 bits per heavy atom. The van der Waals surface area contributed by atoms with Crippen LogP contribution in [0.5, 0.6) is 5.75 Å². The summed E-state index contributed by atoms with van der Waals surface area (Å²) in [5.41, 5.74) is 0.283. The van der Waals surface area contributed by atoms with E-state index >= 15 is 0 Å². The highest BCUT2D eigenvalue weighted by Gasteiger charge is 2.03. The number of ether oxygens (including phenoxy) is 1. The number of hydrogen-bond donors (Lipinski definition) is 1. The fraction of sp³-hybridized carbons (Fsp3) is 0.417. The normalized spacial score (nSPS) is 12.1. The Bertz CT molecular complexity index is 316. The molecule has 1 unspecified atom stereocenters. The molecule has 0 heterocycles. The minimum Gasteiger partial charge on any atom is -0.493 e. The lowest BCUT2D eigenvalue weighted by atomic mass is 10.1. The van der Waals surface area contributed by atoms with Crippen LogP contribution in [0.2, 0.25) is 0 Å². The Kier molecular flexibility index (Phi) is 4.16. The monoisotopic (exact) mass is 208 g/mol. The van der Waals surface area contributed by atoms with Gasteiger partial charge in [-0.25, -0.2) is 4.79 Å². The molecular formula is C12H16O3. The van der Waals surface area contributed by atoms with Crippen molar-refractivity contribution in [3.8, 4) is 5.75 Å². The maximum Gasteiger partial charge on any atom is 0.335 e. The smallest absolute Gasteiger partial charge is 0.335 e. The molecule has 1 aromatic rings. The molecule has 3 nitrogen and oxygen atoms in total. The van der Waals surface area contributed by atoms with E-state index in [0.29, 0.717) is 12.5 Å². The molecule has 0 spiro atoms. The van der Waals surface area contributed by atoms with E-state index in [1.807, 2.05) is 0 Å². The van der Waals surface area contributed by atoms with E-state index < -0.39 is 5.97 Å². The number of hydrogen-bond acceptors (Lipinski definition) is 2. The second-order valence-corrected chi connectivity index (χ2v) is 3.65. The zero-order valence-electron chi connectivity index (χ0n) is 9.06. The van der Waals surface area contributed by atoms with E-state index in [4.69, 9.17) is 9.84 Å². The summed E-state index contributed by atoms with van der Waals surface area (Å²) in [6, 6.07) is 6.47. The average Bonchev–Trinajstić information content (AvgIpc) is 2.26. The molecule has 1 rings (SSSR count). The summed E-state index contributed by atoms with van der Waals surface area (Å²) >= 11 is 0. The van der Waals surface area contributed by atoms with Crippen LogP contribution in [0.25, 0.3) is 0 Å². The lowest BCUT2D eigenvalue weighted by molar-refractivity contribution is 0.0697. The second-order valence-electron chi connectivity index (χ2n) is 3.65. The van der Waals surface area contributed by atoms with Crippen molar-refractivity contribution in [1.29, 1.82) is 0 Å². The van der Waals surface area contributed by atoms with Crippen molar-refractivity contribution in [2.45, 2.75) is 20.3 Å². The summed E-state index contributed by atoms with van der Waals surface area (Å²) in [4.78, 5) is 10.6. The van der Waals surface area contributed by atoms with Gasteiger partial charge in [0.1, 0.15) is 5.75 Å². The van der Waals surface area contributed by atoms with Crippen LogP contribution in [0.4, 0.5) is 0 Å². The van der Waals surface area contributed by atoms with Gasteiger partial charge < -0.3 is 9.84 Å². The second kappa shape index (κ2) is 5.39. The van der Waals surface area contributed by atoms with Gasteiger partial charge in [0.2, 0.25) is 0 Å². The third kappa shape index (κ3) is 3.62. The van der Waals surface area contributed by atoms with Crippen molar-refractivity contribution in [3.05, 3.63) is 29.8 Å². The number of aromatic carboxylic acids is 1. The maximum atomic E-state index is 10.6. The molecule has 0 fully saturated rings. The molecule has 0 bridgehead atoms. The Morgan fingerprint density at radius 1 is 1.40 bits per heavy atom. The largest absolute Gasteiger partial charge is 0.493 e. The minimum atomic E-state index is -0.913. The Morgan fingerprint density at radius 3 is 2.47 bits per heavy atom. The molecule has 1 aromatic carbocycles. The van der Waals surface area contributed by atoms with Crippen molar-refractivity contribution in [3.63, 3.8) is 0 Å². The van der Waals surface area contributed by atoms with Gasteiger partial charge in [-0.3, -0.25) is 0 Å². The first-order chi connectivity index (χ1) is 7.13. The van der Waals surface area contributed by atoms with Crippen LogP contribution in [0.1, 0.15) is 30.6 Å². The first-order valence-electron chi connectivity index (χ1n) is 5.09. The molecule has 0 aliphatic rings. The third-order valence-corrected chi connectivity index (χ3v) is 2.33. The molecule has 82 valence electrons. The van der Waals surface area contributed by atoms with Crippen LogP contribution in [-0.2, 0) is 0 Å². The van der Waals surface area contributed by atoms with Gasteiger partial charge in [-0.05, 0) is 30.2 Å². The summed E-state index contributed by atoms with van der Waals surface area (Å²) in [5, 5.41) is 8.69. The minimum absolute atomic E-state index is 0.283. The van der Waals surface area contributed by atoms with Gasteiger partial charge in [0.15, 0.2) is 0 Å². The highest BCUT2D eigenvalue weighted by Crippen LogP contribution is 2.13. The van der Waals surface area contributed by atoms with Gasteiger partial charge in [-0.2, -0.15) is 0 Å². The van der Waals surface area contributed by atoms with Crippen molar-refractivity contribution in [2.24, 2.45) is 5.92 Å². The van der Waals surface area contributed by atoms with E-state index in [0.717, 1.165) is 12.2 Å². The standard InChI is InChI=1S/C12H16O3/c1-3-9(2)8-15-11-6-4-10(5-7-11)12(13)14/h4-7,9H,3,8H2,1-2H3,(H,13,14). The number of carboxylic acids is 1. The topological polar surface area (TPSA) is 46.5 Å². The van der Waals surface area contributed by atoms with E-state index in [2.05, 4.69) is 13.8 Å². The van der Waals surface area contributed by atoms with E-state index in [1.54, 1.807) is 24.3 Å². The molecule has 0 aliphatic heterocycles. The molecule has 0 aromatic heterocycles. The van der Waals surface area contributed by atoms with Gasteiger partial charge in [0.05, 0.1) is 12.2 Å². The van der Waals surface area contributed by atoms with Gasteiger partial charge in [-0.1, -0.05) is 20.3 Å². The fourth-order valence-corrected chi connectivity index (χ4v) is 1.05. The van der Waals surface area contributed by atoms with E-state index in [1.165, 1.54) is 0 Å². The Balaban J connectivity index is 2.53. The molecule has 0 saturated carbocycles. The molecule has 3 heteroatoms. The number of carbonyl (C=O) groups is 1. The highest BCUT2D eigenvalue weighted by molar-refractivity contribution is 5.87. The van der Waals surface area contributed by atoms with Crippen molar-refractivity contribution in [2.75, 3.05) is 6.61 Å². The van der Waals surface area contributed by atoms with E-state index in [9.17, 15) is 4.79 Å². The summed E-state index contributed by atoms with van der Waals surface area (Å²) in [6.07, 6.45) is 1.08. The number of rotatable bonds is 5. The van der Waals surface area contributed by atoms with Gasteiger partial charge in [-0.15, -0.1) is 0 Å². The van der Waals surface area contributed by atoms with Crippen LogP contribution in [-0.4, -0.2) is 17.7 Å². The number of benzene rings is 1. The predicted octanol–water partition coefficient (Wildman–Crippen LogP) is 2.81. The fourth-order valence-electron chi connectivity index (χ4n) is 1.05. The summed E-state index contributed by atoms with van der Waals surface area (Å²) in [7, 11) is 0. The van der Waals surface area contributed by atoms with Crippen molar-refractivity contribution in [1.82, 2.24) is 0 Å². The van der Waals surface area contributed by atoms with Gasteiger partial charge in [0, 0.05) is 0 Å². The lowest BCUT2D eigenvalue weighted by Crippen LogP contribution is -2.07. The summed E-state index contributed by atoms with van der Waals surface area (Å²) < 4.78 is 5.50. The average molecular weight is 208 g/mol. The summed E-state index contributed by atoms with van der Waals surface area (Å²) in [6.45, 7) is 4.90. The SMILES string of the molecule is CCC(C)COc1ccc(C(=O)O)cc1. The molecular weight excluding hydrogens is 192 g/mol. The predicted molar refractivity (Wildman–Crippen MR) is 58.4 cm³/mol. The molecule has 0 radical (unpaired) electrons. The zero-order valence-corrected chi connectivity index (χ0v) is 9.06. The molecule has 1 N–H and O–H groups in total. The first kappa shape index (κ1) is 11.6. The van der Waals surface area contributed by atoms with E-state index in [-0.39, 0.29) is 5.56 Å². The molecule has 0 aliphatic carbocycles. The molecule has 15 heavy (non-hydrogen) atoms. The zero-order chi connectivity index (χ0) is 11.3. The first-order valence-corrected chi connectivity index (χ1v) is 5.09. The molecule has 0 amide bonds. The maximum absolute atomic E-state index is 10.6. The Hall–Kier alpha value is -1.51. The van der Waals surface area contributed by atoms with Crippen molar-refractivity contribution >= 4 is 5.97 Å².